The van der Waals surface area contributed by atoms with Gasteiger partial charge in [0.25, 0.3) is 5.56 Å². The Morgan fingerprint density at radius 2 is 1.96 bits per heavy atom. The molecule has 132 valence electrons. The standard InChI is InChI=1S/C19H13FN6O/c1-8-15-10(3-2-6-22-15)17-18(24-8)13(14(21)19(27)25-17)9-4-5-12(20)16-11(9)7-23-26-16/h2-7H,21H2,1H3,(H,23,26)(H,25,27). The van der Waals surface area contributed by atoms with Gasteiger partial charge in [0.15, 0.2) is 0 Å². The van der Waals surface area contributed by atoms with Gasteiger partial charge in [0, 0.05) is 22.5 Å². The fourth-order valence-electron chi connectivity index (χ4n) is 3.52. The second-order valence-electron chi connectivity index (χ2n) is 6.32. The van der Waals surface area contributed by atoms with E-state index < -0.39 is 11.4 Å². The molecule has 1 aromatic carbocycles. The van der Waals surface area contributed by atoms with E-state index in [2.05, 4.69) is 25.1 Å². The Bertz CT molecular complexity index is 1440. The molecule has 0 amide bonds. The molecule has 0 spiro atoms. The summed E-state index contributed by atoms with van der Waals surface area (Å²) in [6.45, 7) is 1.85. The summed E-state index contributed by atoms with van der Waals surface area (Å²) in [5.74, 6) is -0.433. The Morgan fingerprint density at radius 1 is 1.11 bits per heavy atom. The van der Waals surface area contributed by atoms with Crippen LogP contribution in [0.4, 0.5) is 10.1 Å². The normalized spacial score (nSPS) is 11.6. The molecule has 0 bridgehead atoms. The monoisotopic (exact) mass is 360 g/mol. The van der Waals surface area contributed by atoms with Gasteiger partial charge in [0.1, 0.15) is 17.0 Å². The van der Waals surface area contributed by atoms with Gasteiger partial charge >= 0.3 is 0 Å². The zero-order chi connectivity index (χ0) is 18.7. The van der Waals surface area contributed by atoms with Crippen molar-refractivity contribution in [2.45, 2.75) is 6.92 Å². The molecule has 0 atom stereocenters. The van der Waals surface area contributed by atoms with Crippen LogP contribution in [0.1, 0.15) is 5.69 Å². The predicted molar refractivity (Wildman–Crippen MR) is 102 cm³/mol. The van der Waals surface area contributed by atoms with Gasteiger partial charge in [-0.25, -0.2) is 9.37 Å². The Hall–Kier alpha value is -3.81. The van der Waals surface area contributed by atoms with Crippen LogP contribution >= 0.6 is 0 Å². The van der Waals surface area contributed by atoms with Crippen LogP contribution in [0, 0.1) is 12.7 Å². The summed E-state index contributed by atoms with van der Waals surface area (Å²) in [5.41, 5.74) is 9.49. The van der Waals surface area contributed by atoms with Crippen LogP contribution in [-0.4, -0.2) is 25.1 Å². The Morgan fingerprint density at radius 3 is 2.81 bits per heavy atom. The number of nitrogen functional groups attached to an aromatic ring is 1. The number of rotatable bonds is 1. The maximum absolute atomic E-state index is 14.1. The van der Waals surface area contributed by atoms with E-state index in [1.165, 1.54) is 12.3 Å². The fourth-order valence-corrected chi connectivity index (χ4v) is 3.52. The van der Waals surface area contributed by atoms with Gasteiger partial charge in [-0.2, -0.15) is 5.10 Å². The van der Waals surface area contributed by atoms with Gasteiger partial charge in [-0.3, -0.25) is 14.9 Å². The third-order valence-corrected chi connectivity index (χ3v) is 4.76. The van der Waals surface area contributed by atoms with Crippen molar-refractivity contribution in [1.82, 2.24) is 25.1 Å². The minimum absolute atomic E-state index is 0.0201. The summed E-state index contributed by atoms with van der Waals surface area (Å²) in [6, 6.07) is 6.56. The number of hydrogen-bond acceptors (Lipinski definition) is 5. The Balaban J connectivity index is 2.03. The first-order chi connectivity index (χ1) is 13.1. The highest BCUT2D eigenvalue weighted by Gasteiger charge is 2.20. The van der Waals surface area contributed by atoms with Crippen molar-refractivity contribution in [2.75, 3.05) is 5.73 Å². The molecule has 0 fully saturated rings. The largest absolute Gasteiger partial charge is 0.394 e. The number of pyridine rings is 3. The van der Waals surface area contributed by atoms with Crippen molar-refractivity contribution in [1.29, 1.82) is 0 Å². The van der Waals surface area contributed by atoms with E-state index >= 15 is 0 Å². The van der Waals surface area contributed by atoms with Crippen LogP contribution in [0.15, 0.2) is 41.5 Å². The molecule has 4 N–H and O–H groups in total. The van der Waals surface area contributed by atoms with Crippen LogP contribution in [0.25, 0.3) is 44.0 Å². The number of aromatic nitrogens is 5. The second-order valence-corrected chi connectivity index (χ2v) is 6.32. The zero-order valence-corrected chi connectivity index (χ0v) is 14.2. The highest BCUT2D eigenvalue weighted by molar-refractivity contribution is 6.12. The minimum atomic E-state index is -0.436. The van der Waals surface area contributed by atoms with E-state index in [4.69, 9.17) is 5.73 Å². The molecule has 0 aliphatic heterocycles. The molecule has 0 saturated carbocycles. The Kier molecular flexibility index (Phi) is 3.06. The van der Waals surface area contributed by atoms with E-state index in [0.29, 0.717) is 38.8 Å². The van der Waals surface area contributed by atoms with Crippen molar-refractivity contribution >= 4 is 38.5 Å². The number of halogens is 1. The van der Waals surface area contributed by atoms with E-state index in [9.17, 15) is 9.18 Å². The van der Waals surface area contributed by atoms with Crippen LogP contribution in [0.3, 0.4) is 0 Å². The van der Waals surface area contributed by atoms with Gasteiger partial charge in [0.2, 0.25) is 0 Å². The van der Waals surface area contributed by atoms with Crippen molar-refractivity contribution in [3.8, 4) is 11.1 Å². The van der Waals surface area contributed by atoms with Gasteiger partial charge in [-0.1, -0.05) is 6.07 Å². The lowest BCUT2D eigenvalue weighted by atomic mass is 9.98. The lowest BCUT2D eigenvalue weighted by Crippen LogP contribution is -2.14. The first kappa shape index (κ1) is 15.4. The summed E-state index contributed by atoms with van der Waals surface area (Å²) in [7, 11) is 0. The molecule has 8 heteroatoms. The molecule has 4 heterocycles. The molecule has 4 aromatic heterocycles. The number of nitrogens with one attached hydrogen (secondary N) is 2. The van der Waals surface area contributed by atoms with Crippen LogP contribution in [-0.2, 0) is 0 Å². The molecular formula is C19H13FN6O. The number of nitrogens with zero attached hydrogens (tertiary/aromatic N) is 3. The second kappa shape index (κ2) is 5.34. The number of H-pyrrole nitrogens is 2. The summed E-state index contributed by atoms with van der Waals surface area (Å²) in [6.07, 6.45) is 3.18. The number of aryl methyl sites for hydroxylation is 1. The lowest BCUT2D eigenvalue weighted by molar-refractivity contribution is 0.636. The zero-order valence-electron chi connectivity index (χ0n) is 14.2. The number of fused-ring (bicyclic) bond motifs is 4. The third-order valence-electron chi connectivity index (χ3n) is 4.76. The quantitative estimate of drug-likeness (QED) is 0.398. The molecule has 27 heavy (non-hydrogen) atoms. The van der Waals surface area contributed by atoms with Gasteiger partial charge in [-0.05, 0) is 30.7 Å². The van der Waals surface area contributed by atoms with Crippen LogP contribution < -0.4 is 11.3 Å². The average molecular weight is 360 g/mol. The fraction of sp³-hybridized carbons (Fsp3) is 0.0526. The molecule has 7 nitrogen and oxygen atoms in total. The lowest BCUT2D eigenvalue weighted by Gasteiger charge is -2.13. The number of aromatic amines is 2. The van der Waals surface area contributed by atoms with E-state index in [-0.39, 0.29) is 11.2 Å². The van der Waals surface area contributed by atoms with E-state index in [0.717, 1.165) is 5.39 Å². The molecular weight excluding hydrogens is 347 g/mol. The number of benzene rings is 1. The molecule has 0 aliphatic carbocycles. The topological polar surface area (TPSA) is 113 Å². The van der Waals surface area contributed by atoms with Gasteiger partial charge < -0.3 is 10.7 Å². The van der Waals surface area contributed by atoms with Crippen LogP contribution in [0.2, 0.25) is 0 Å². The molecule has 0 aliphatic rings. The Labute approximate surface area is 151 Å². The number of hydrogen-bond donors (Lipinski definition) is 3. The number of nitrogens with two attached hydrogens (primary N) is 1. The van der Waals surface area contributed by atoms with E-state index in [1.807, 2.05) is 13.0 Å². The van der Waals surface area contributed by atoms with Gasteiger partial charge in [-0.15, -0.1) is 0 Å². The van der Waals surface area contributed by atoms with Crippen molar-refractivity contribution in [3.63, 3.8) is 0 Å². The summed E-state index contributed by atoms with van der Waals surface area (Å²) in [4.78, 5) is 24.4. The molecule has 0 unspecified atom stereocenters. The van der Waals surface area contributed by atoms with Crippen molar-refractivity contribution in [2.24, 2.45) is 0 Å². The predicted octanol–water partition coefficient (Wildman–Crippen LogP) is 3.04. The highest BCUT2D eigenvalue weighted by Crippen LogP contribution is 2.37. The maximum Gasteiger partial charge on any atom is 0.272 e. The van der Waals surface area contributed by atoms with Crippen molar-refractivity contribution in [3.05, 3.63) is 58.5 Å². The van der Waals surface area contributed by atoms with E-state index in [1.54, 1.807) is 18.3 Å². The average Bonchev–Trinajstić information content (AvgIpc) is 3.16. The molecule has 5 aromatic rings. The smallest absolute Gasteiger partial charge is 0.272 e. The molecule has 0 radical (unpaired) electrons. The maximum atomic E-state index is 14.1. The number of anilines is 1. The van der Waals surface area contributed by atoms with Crippen LogP contribution in [0.5, 0.6) is 0 Å². The third kappa shape index (κ3) is 2.06. The summed E-state index contributed by atoms with van der Waals surface area (Å²) < 4.78 is 14.1. The molecule has 0 saturated heterocycles. The minimum Gasteiger partial charge on any atom is -0.394 e. The first-order valence-electron chi connectivity index (χ1n) is 8.25. The summed E-state index contributed by atoms with van der Waals surface area (Å²) >= 11 is 0. The van der Waals surface area contributed by atoms with Crippen molar-refractivity contribution < 1.29 is 4.39 Å². The highest BCUT2D eigenvalue weighted by atomic mass is 19.1. The molecule has 5 rings (SSSR count). The summed E-state index contributed by atoms with van der Waals surface area (Å²) in [5, 5.41) is 7.86. The van der Waals surface area contributed by atoms with Gasteiger partial charge in [0.05, 0.1) is 28.4 Å². The first-order valence-corrected chi connectivity index (χ1v) is 8.25. The SMILES string of the molecule is Cc1nc2c(-c3ccc(F)c4[nH]ncc34)c(N)c(=O)[nH]c2c2cccnc12.